The molecule has 0 spiro atoms. The van der Waals surface area contributed by atoms with Crippen LogP contribution in [0.1, 0.15) is 10.4 Å². The SMILES string of the molecule is Nc1cccc(SCC(=O)NC(=O)c2ccccc2Br)c1. The number of nitrogens with one attached hydrogen (secondary N) is 1. The molecule has 0 fully saturated rings. The molecular weight excluding hydrogens is 352 g/mol. The van der Waals surface area contributed by atoms with Crippen LogP contribution >= 0.6 is 27.7 Å². The maximum Gasteiger partial charge on any atom is 0.259 e. The zero-order valence-electron chi connectivity index (χ0n) is 11.0. The number of nitrogens with two attached hydrogens (primary N) is 1. The molecule has 0 aliphatic heterocycles. The second-order valence-electron chi connectivity index (χ2n) is 4.22. The van der Waals surface area contributed by atoms with E-state index in [-0.39, 0.29) is 11.7 Å². The fraction of sp³-hybridized carbons (Fsp3) is 0.0667. The van der Waals surface area contributed by atoms with E-state index in [1.165, 1.54) is 11.8 Å². The van der Waals surface area contributed by atoms with Gasteiger partial charge >= 0.3 is 0 Å². The minimum atomic E-state index is -0.416. The second-order valence-corrected chi connectivity index (χ2v) is 6.12. The normalized spacial score (nSPS) is 10.1. The maximum atomic E-state index is 12.0. The Morgan fingerprint density at radius 1 is 1.14 bits per heavy atom. The Kier molecular flexibility index (Phi) is 5.41. The first-order chi connectivity index (χ1) is 10.1. The predicted octanol–water partition coefficient (Wildman–Crippen LogP) is 3.08. The lowest BCUT2D eigenvalue weighted by molar-refractivity contribution is -0.117. The molecule has 0 bridgehead atoms. The van der Waals surface area contributed by atoms with Crippen LogP contribution in [0.5, 0.6) is 0 Å². The van der Waals surface area contributed by atoms with Crippen molar-refractivity contribution in [2.45, 2.75) is 4.90 Å². The van der Waals surface area contributed by atoms with E-state index in [0.29, 0.717) is 15.7 Å². The highest BCUT2D eigenvalue weighted by molar-refractivity contribution is 9.10. The predicted molar refractivity (Wildman–Crippen MR) is 88.2 cm³/mol. The Morgan fingerprint density at radius 3 is 2.62 bits per heavy atom. The number of rotatable bonds is 4. The van der Waals surface area contributed by atoms with Crippen molar-refractivity contribution in [3.63, 3.8) is 0 Å². The molecule has 2 aromatic carbocycles. The maximum absolute atomic E-state index is 12.0. The summed E-state index contributed by atoms with van der Waals surface area (Å²) >= 11 is 4.61. The van der Waals surface area contributed by atoms with Crippen molar-refractivity contribution < 1.29 is 9.59 Å². The highest BCUT2D eigenvalue weighted by Gasteiger charge is 2.13. The van der Waals surface area contributed by atoms with Crippen molar-refractivity contribution in [3.05, 3.63) is 58.6 Å². The number of hydrogen-bond donors (Lipinski definition) is 2. The Hall–Kier alpha value is -1.79. The smallest absolute Gasteiger partial charge is 0.259 e. The van der Waals surface area contributed by atoms with E-state index in [1.807, 2.05) is 12.1 Å². The highest BCUT2D eigenvalue weighted by Crippen LogP contribution is 2.20. The van der Waals surface area contributed by atoms with Gasteiger partial charge in [0.05, 0.1) is 11.3 Å². The summed E-state index contributed by atoms with van der Waals surface area (Å²) in [5, 5.41) is 2.36. The highest BCUT2D eigenvalue weighted by atomic mass is 79.9. The molecule has 2 aromatic rings. The zero-order valence-corrected chi connectivity index (χ0v) is 13.4. The quantitative estimate of drug-likeness (QED) is 0.645. The number of benzene rings is 2. The largest absolute Gasteiger partial charge is 0.399 e. The standard InChI is InChI=1S/C15H13BrN2O2S/c16-13-7-2-1-6-12(13)15(20)18-14(19)9-21-11-5-3-4-10(17)8-11/h1-8H,9,17H2,(H,18,19,20). The molecule has 0 aromatic heterocycles. The van der Waals surface area contributed by atoms with E-state index in [4.69, 9.17) is 5.73 Å². The molecule has 2 rings (SSSR count). The van der Waals surface area contributed by atoms with Crippen LogP contribution < -0.4 is 11.1 Å². The number of amides is 2. The Balaban J connectivity index is 1.90. The molecule has 4 nitrogen and oxygen atoms in total. The summed E-state index contributed by atoms with van der Waals surface area (Å²) in [4.78, 5) is 24.6. The third-order valence-electron chi connectivity index (χ3n) is 2.60. The van der Waals surface area contributed by atoms with Gasteiger partial charge in [-0.3, -0.25) is 14.9 Å². The summed E-state index contributed by atoms with van der Waals surface area (Å²) in [7, 11) is 0. The monoisotopic (exact) mass is 364 g/mol. The van der Waals surface area contributed by atoms with E-state index in [1.54, 1.807) is 36.4 Å². The molecule has 2 amide bonds. The van der Waals surface area contributed by atoms with Gasteiger partial charge in [-0.15, -0.1) is 11.8 Å². The molecule has 0 unspecified atom stereocenters. The van der Waals surface area contributed by atoms with Crippen LogP contribution in [0.25, 0.3) is 0 Å². The first kappa shape index (κ1) is 15.6. The Bertz CT molecular complexity index is 676. The lowest BCUT2D eigenvalue weighted by Crippen LogP contribution is -2.32. The number of carbonyl (C=O) groups excluding carboxylic acids is 2. The van der Waals surface area contributed by atoms with Gasteiger partial charge in [0.1, 0.15) is 0 Å². The van der Waals surface area contributed by atoms with Gasteiger partial charge in [-0.25, -0.2) is 0 Å². The fourth-order valence-electron chi connectivity index (χ4n) is 1.63. The zero-order chi connectivity index (χ0) is 15.2. The number of carbonyl (C=O) groups is 2. The van der Waals surface area contributed by atoms with Gasteiger partial charge in [0, 0.05) is 15.1 Å². The van der Waals surface area contributed by atoms with Crippen molar-refractivity contribution in [1.29, 1.82) is 0 Å². The summed E-state index contributed by atoms with van der Waals surface area (Å²) in [6, 6.07) is 14.2. The fourth-order valence-corrected chi connectivity index (χ4v) is 2.86. The van der Waals surface area contributed by atoms with Crippen molar-refractivity contribution in [3.8, 4) is 0 Å². The molecule has 0 radical (unpaired) electrons. The number of nitrogen functional groups attached to an aromatic ring is 1. The van der Waals surface area contributed by atoms with E-state index in [9.17, 15) is 9.59 Å². The van der Waals surface area contributed by atoms with Gasteiger partial charge in [-0.1, -0.05) is 18.2 Å². The van der Waals surface area contributed by atoms with Crippen LogP contribution in [-0.2, 0) is 4.79 Å². The summed E-state index contributed by atoms with van der Waals surface area (Å²) in [6.07, 6.45) is 0. The molecule has 0 aliphatic rings. The molecule has 0 atom stereocenters. The van der Waals surface area contributed by atoms with Gasteiger partial charge in [0.15, 0.2) is 0 Å². The van der Waals surface area contributed by atoms with E-state index in [0.717, 1.165) is 4.90 Å². The number of hydrogen-bond acceptors (Lipinski definition) is 4. The van der Waals surface area contributed by atoms with Crippen molar-refractivity contribution in [2.24, 2.45) is 0 Å². The van der Waals surface area contributed by atoms with Gasteiger partial charge < -0.3 is 5.73 Å². The first-order valence-corrected chi connectivity index (χ1v) is 7.91. The van der Waals surface area contributed by atoms with Crippen LogP contribution in [0, 0.1) is 0 Å². The molecule has 0 aliphatic carbocycles. The molecular formula is C15H13BrN2O2S. The average molecular weight is 365 g/mol. The lowest BCUT2D eigenvalue weighted by Gasteiger charge is -2.06. The molecule has 21 heavy (non-hydrogen) atoms. The van der Waals surface area contributed by atoms with E-state index < -0.39 is 5.91 Å². The molecule has 0 heterocycles. The third-order valence-corrected chi connectivity index (χ3v) is 4.28. The van der Waals surface area contributed by atoms with Crippen LogP contribution in [-0.4, -0.2) is 17.6 Å². The first-order valence-electron chi connectivity index (χ1n) is 6.13. The van der Waals surface area contributed by atoms with Gasteiger partial charge in [-0.05, 0) is 46.3 Å². The summed E-state index contributed by atoms with van der Waals surface area (Å²) in [5.41, 5.74) is 6.74. The Morgan fingerprint density at radius 2 is 1.90 bits per heavy atom. The molecule has 6 heteroatoms. The minimum Gasteiger partial charge on any atom is -0.399 e. The summed E-state index contributed by atoms with van der Waals surface area (Å²) in [6.45, 7) is 0. The van der Waals surface area contributed by atoms with Crippen molar-refractivity contribution in [1.82, 2.24) is 5.32 Å². The van der Waals surface area contributed by atoms with Gasteiger partial charge in [-0.2, -0.15) is 0 Å². The molecule has 0 saturated carbocycles. The third kappa shape index (κ3) is 4.61. The Labute approximate surface area is 135 Å². The van der Waals surface area contributed by atoms with E-state index >= 15 is 0 Å². The number of thioether (sulfide) groups is 1. The summed E-state index contributed by atoms with van der Waals surface area (Å²) < 4.78 is 0.652. The van der Waals surface area contributed by atoms with Crippen LogP contribution in [0.3, 0.4) is 0 Å². The van der Waals surface area contributed by atoms with Crippen molar-refractivity contribution >= 4 is 45.2 Å². The summed E-state index contributed by atoms with van der Waals surface area (Å²) in [5.74, 6) is -0.608. The van der Waals surface area contributed by atoms with Gasteiger partial charge in [0.2, 0.25) is 5.91 Å². The van der Waals surface area contributed by atoms with Crippen LogP contribution in [0.4, 0.5) is 5.69 Å². The number of anilines is 1. The molecule has 0 saturated heterocycles. The molecule has 3 N–H and O–H groups in total. The van der Waals surface area contributed by atoms with E-state index in [2.05, 4.69) is 21.2 Å². The number of imide groups is 1. The second kappa shape index (κ2) is 7.28. The topological polar surface area (TPSA) is 72.2 Å². The lowest BCUT2D eigenvalue weighted by atomic mass is 10.2. The van der Waals surface area contributed by atoms with Crippen LogP contribution in [0.2, 0.25) is 0 Å². The van der Waals surface area contributed by atoms with Gasteiger partial charge in [0.25, 0.3) is 5.91 Å². The number of halogens is 1. The average Bonchev–Trinajstić information content (AvgIpc) is 2.45. The molecule has 108 valence electrons. The minimum absolute atomic E-state index is 0.152. The van der Waals surface area contributed by atoms with Crippen molar-refractivity contribution in [2.75, 3.05) is 11.5 Å². The van der Waals surface area contributed by atoms with Crippen LogP contribution in [0.15, 0.2) is 57.9 Å².